The van der Waals surface area contributed by atoms with E-state index in [0.29, 0.717) is 13.2 Å². The molecule has 0 spiro atoms. The summed E-state index contributed by atoms with van der Waals surface area (Å²) in [7, 11) is 0. The van der Waals surface area contributed by atoms with Crippen molar-refractivity contribution in [1.82, 2.24) is 9.97 Å². The zero-order chi connectivity index (χ0) is 15.5. The standard InChI is InChI=1S/C18H20N2O2/c1-4-21-13-7-8-14(17(11-13)22-5-2)18-19-15-9-6-12(3)10-16(15)20-18/h6-11H,4-5H2,1-3H3,(H,19,20). The Morgan fingerprint density at radius 2 is 1.82 bits per heavy atom. The van der Waals surface area contributed by atoms with Crippen molar-refractivity contribution in [2.75, 3.05) is 13.2 Å². The highest BCUT2D eigenvalue weighted by Gasteiger charge is 2.12. The van der Waals surface area contributed by atoms with Gasteiger partial charge in [-0.1, -0.05) is 6.07 Å². The molecule has 3 rings (SSSR count). The third kappa shape index (κ3) is 2.77. The number of aryl methyl sites for hydroxylation is 1. The second-order valence-corrected chi connectivity index (χ2v) is 5.13. The van der Waals surface area contributed by atoms with Crippen LogP contribution in [0.15, 0.2) is 36.4 Å². The van der Waals surface area contributed by atoms with Crippen LogP contribution in [0.25, 0.3) is 22.4 Å². The highest BCUT2D eigenvalue weighted by molar-refractivity contribution is 5.81. The molecule has 4 heteroatoms. The Labute approximate surface area is 130 Å². The first-order valence-corrected chi connectivity index (χ1v) is 7.57. The smallest absolute Gasteiger partial charge is 0.142 e. The molecule has 1 heterocycles. The van der Waals surface area contributed by atoms with Gasteiger partial charge in [0.2, 0.25) is 0 Å². The van der Waals surface area contributed by atoms with Gasteiger partial charge in [-0.25, -0.2) is 4.98 Å². The van der Waals surface area contributed by atoms with Crippen LogP contribution in [0.5, 0.6) is 11.5 Å². The second kappa shape index (κ2) is 6.10. The number of nitrogens with zero attached hydrogens (tertiary/aromatic N) is 1. The molecular weight excluding hydrogens is 276 g/mol. The summed E-state index contributed by atoms with van der Waals surface area (Å²) in [5.74, 6) is 2.40. The quantitative estimate of drug-likeness (QED) is 0.762. The topological polar surface area (TPSA) is 47.1 Å². The maximum Gasteiger partial charge on any atom is 0.142 e. The maximum absolute atomic E-state index is 5.76. The molecule has 0 aliphatic rings. The van der Waals surface area contributed by atoms with Crippen LogP contribution < -0.4 is 9.47 Å². The Hall–Kier alpha value is -2.49. The van der Waals surface area contributed by atoms with Gasteiger partial charge in [0, 0.05) is 6.07 Å². The Balaban J connectivity index is 2.07. The SMILES string of the molecule is CCOc1ccc(-c2nc3ccc(C)cc3[nH]2)c(OCC)c1. The average Bonchev–Trinajstić information content (AvgIpc) is 2.91. The molecule has 1 aromatic heterocycles. The molecule has 0 unspecified atom stereocenters. The fraction of sp³-hybridized carbons (Fsp3) is 0.278. The Morgan fingerprint density at radius 3 is 2.59 bits per heavy atom. The summed E-state index contributed by atoms with van der Waals surface area (Å²) in [5.41, 5.74) is 4.14. The molecule has 0 aliphatic heterocycles. The summed E-state index contributed by atoms with van der Waals surface area (Å²) in [5, 5.41) is 0. The molecule has 0 aliphatic carbocycles. The number of aromatic nitrogens is 2. The van der Waals surface area contributed by atoms with Crippen molar-refractivity contribution >= 4 is 11.0 Å². The van der Waals surface area contributed by atoms with Crippen LogP contribution in [0.4, 0.5) is 0 Å². The lowest BCUT2D eigenvalue weighted by molar-refractivity contribution is 0.324. The van der Waals surface area contributed by atoms with Crippen LogP contribution in [-0.2, 0) is 0 Å². The summed E-state index contributed by atoms with van der Waals surface area (Å²) in [4.78, 5) is 8.04. The zero-order valence-corrected chi connectivity index (χ0v) is 13.1. The highest BCUT2D eigenvalue weighted by Crippen LogP contribution is 2.33. The van der Waals surface area contributed by atoms with E-state index >= 15 is 0 Å². The summed E-state index contributed by atoms with van der Waals surface area (Å²) in [6.07, 6.45) is 0. The molecule has 0 bridgehead atoms. The third-order valence-corrected chi connectivity index (χ3v) is 3.46. The molecule has 1 N–H and O–H groups in total. The zero-order valence-electron chi connectivity index (χ0n) is 13.1. The van der Waals surface area contributed by atoms with Crippen molar-refractivity contribution in [3.63, 3.8) is 0 Å². The normalized spacial score (nSPS) is 10.9. The van der Waals surface area contributed by atoms with Crippen LogP contribution in [0.2, 0.25) is 0 Å². The average molecular weight is 296 g/mol. The van der Waals surface area contributed by atoms with E-state index in [1.54, 1.807) is 0 Å². The number of benzene rings is 2. The number of H-pyrrole nitrogens is 1. The predicted molar refractivity (Wildman–Crippen MR) is 88.6 cm³/mol. The first-order valence-electron chi connectivity index (χ1n) is 7.57. The predicted octanol–water partition coefficient (Wildman–Crippen LogP) is 4.34. The van der Waals surface area contributed by atoms with Gasteiger partial charge in [-0.05, 0) is 50.6 Å². The largest absolute Gasteiger partial charge is 0.494 e. The lowest BCUT2D eigenvalue weighted by Crippen LogP contribution is -1.97. The van der Waals surface area contributed by atoms with Crippen LogP contribution in [0, 0.1) is 6.92 Å². The fourth-order valence-corrected chi connectivity index (χ4v) is 2.48. The molecule has 3 aromatic rings. The molecule has 22 heavy (non-hydrogen) atoms. The summed E-state index contributed by atoms with van der Waals surface area (Å²) >= 11 is 0. The number of nitrogens with one attached hydrogen (secondary N) is 1. The molecule has 0 radical (unpaired) electrons. The second-order valence-electron chi connectivity index (χ2n) is 5.13. The van der Waals surface area contributed by atoms with Gasteiger partial charge in [0.15, 0.2) is 0 Å². The van der Waals surface area contributed by atoms with Crippen molar-refractivity contribution in [3.8, 4) is 22.9 Å². The minimum Gasteiger partial charge on any atom is -0.494 e. The van der Waals surface area contributed by atoms with E-state index in [2.05, 4.69) is 29.0 Å². The number of hydrogen-bond donors (Lipinski definition) is 1. The van der Waals surface area contributed by atoms with Gasteiger partial charge in [0.25, 0.3) is 0 Å². The number of hydrogen-bond acceptors (Lipinski definition) is 3. The van der Waals surface area contributed by atoms with Crippen LogP contribution in [0.3, 0.4) is 0 Å². The van der Waals surface area contributed by atoms with E-state index in [1.807, 2.05) is 38.1 Å². The van der Waals surface area contributed by atoms with E-state index in [0.717, 1.165) is 33.9 Å². The van der Waals surface area contributed by atoms with Crippen LogP contribution in [-0.4, -0.2) is 23.2 Å². The Kier molecular flexibility index (Phi) is 4.00. The van der Waals surface area contributed by atoms with Gasteiger partial charge in [-0.3, -0.25) is 0 Å². The molecule has 0 amide bonds. The Morgan fingerprint density at radius 1 is 1.00 bits per heavy atom. The van der Waals surface area contributed by atoms with Crippen molar-refractivity contribution in [1.29, 1.82) is 0 Å². The van der Waals surface area contributed by atoms with Crippen molar-refractivity contribution in [3.05, 3.63) is 42.0 Å². The first-order chi connectivity index (χ1) is 10.7. The van der Waals surface area contributed by atoms with E-state index in [-0.39, 0.29) is 0 Å². The minimum absolute atomic E-state index is 0.599. The van der Waals surface area contributed by atoms with Crippen molar-refractivity contribution in [2.45, 2.75) is 20.8 Å². The molecule has 0 atom stereocenters. The lowest BCUT2D eigenvalue weighted by atomic mass is 10.2. The van der Waals surface area contributed by atoms with Gasteiger partial charge in [-0.15, -0.1) is 0 Å². The third-order valence-electron chi connectivity index (χ3n) is 3.46. The number of aromatic amines is 1. The van der Waals surface area contributed by atoms with E-state index in [9.17, 15) is 0 Å². The van der Waals surface area contributed by atoms with Crippen molar-refractivity contribution < 1.29 is 9.47 Å². The summed E-state index contributed by atoms with van der Waals surface area (Å²) < 4.78 is 11.3. The maximum atomic E-state index is 5.76. The molecule has 0 saturated carbocycles. The van der Waals surface area contributed by atoms with Gasteiger partial charge < -0.3 is 14.5 Å². The minimum atomic E-state index is 0.599. The van der Waals surface area contributed by atoms with E-state index < -0.39 is 0 Å². The lowest BCUT2D eigenvalue weighted by Gasteiger charge is -2.11. The number of imidazole rings is 1. The van der Waals surface area contributed by atoms with Gasteiger partial charge in [0.05, 0.1) is 29.8 Å². The van der Waals surface area contributed by atoms with Crippen LogP contribution in [0.1, 0.15) is 19.4 Å². The van der Waals surface area contributed by atoms with Crippen LogP contribution >= 0.6 is 0 Å². The molecule has 0 saturated heterocycles. The van der Waals surface area contributed by atoms with E-state index in [1.165, 1.54) is 5.56 Å². The monoisotopic (exact) mass is 296 g/mol. The number of rotatable bonds is 5. The first kappa shape index (κ1) is 14.4. The highest BCUT2D eigenvalue weighted by atomic mass is 16.5. The molecule has 114 valence electrons. The van der Waals surface area contributed by atoms with Crippen molar-refractivity contribution in [2.24, 2.45) is 0 Å². The van der Waals surface area contributed by atoms with E-state index in [4.69, 9.17) is 9.47 Å². The number of fused-ring (bicyclic) bond motifs is 1. The fourth-order valence-electron chi connectivity index (χ4n) is 2.48. The van der Waals surface area contributed by atoms with Gasteiger partial charge >= 0.3 is 0 Å². The number of ether oxygens (including phenoxy) is 2. The molecular formula is C18H20N2O2. The summed E-state index contributed by atoms with van der Waals surface area (Å²) in [6.45, 7) is 7.24. The summed E-state index contributed by atoms with van der Waals surface area (Å²) in [6, 6.07) is 12.0. The van der Waals surface area contributed by atoms with Gasteiger partial charge in [0.1, 0.15) is 17.3 Å². The van der Waals surface area contributed by atoms with Gasteiger partial charge in [-0.2, -0.15) is 0 Å². The molecule has 0 fully saturated rings. The molecule has 2 aromatic carbocycles. The molecule has 4 nitrogen and oxygen atoms in total. The Bertz CT molecular complexity index is 793.